The molecule has 12 heavy (non-hydrogen) atoms. The molecular weight excluding hydrogens is 176 g/mol. The van der Waals surface area contributed by atoms with Crippen molar-refractivity contribution in [2.45, 2.75) is 4.90 Å². The van der Waals surface area contributed by atoms with Crippen LogP contribution in [0.25, 0.3) is 0 Å². The van der Waals surface area contributed by atoms with Crippen molar-refractivity contribution in [3.63, 3.8) is 0 Å². The lowest BCUT2D eigenvalue weighted by atomic mass is 10.3. The van der Waals surface area contributed by atoms with Gasteiger partial charge in [-0.3, -0.25) is 0 Å². The Labute approximate surface area is 71.9 Å². The summed E-state index contributed by atoms with van der Waals surface area (Å²) in [5.41, 5.74) is 0. The standard InChI is InChI=1S/C8H9O3S/c1-11-7-3-5-8(6-4-7)12(2,9)10/h3,5-6H,1-2H3. The van der Waals surface area contributed by atoms with Crippen LogP contribution in [-0.2, 0) is 9.84 Å². The van der Waals surface area contributed by atoms with Crippen molar-refractivity contribution < 1.29 is 13.2 Å². The van der Waals surface area contributed by atoms with Gasteiger partial charge in [-0.2, -0.15) is 0 Å². The van der Waals surface area contributed by atoms with Gasteiger partial charge in [0.05, 0.1) is 12.0 Å². The highest BCUT2D eigenvalue weighted by atomic mass is 32.2. The van der Waals surface area contributed by atoms with E-state index >= 15 is 0 Å². The second kappa shape index (κ2) is 3.15. The molecule has 0 aliphatic carbocycles. The molecule has 4 heteroatoms. The van der Waals surface area contributed by atoms with Gasteiger partial charge in [-0.05, 0) is 18.2 Å². The molecule has 0 N–H and O–H groups in total. The first-order valence-corrected chi connectivity index (χ1v) is 5.19. The Morgan fingerprint density at radius 1 is 1.42 bits per heavy atom. The van der Waals surface area contributed by atoms with E-state index in [-0.39, 0.29) is 4.90 Å². The molecule has 1 rings (SSSR count). The number of methoxy groups -OCH3 is 1. The van der Waals surface area contributed by atoms with E-state index < -0.39 is 9.84 Å². The highest BCUT2D eigenvalue weighted by Crippen LogP contribution is 2.13. The maximum atomic E-state index is 11.0. The zero-order valence-corrected chi connectivity index (χ0v) is 7.68. The molecule has 0 heterocycles. The predicted octanol–water partition coefficient (Wildman–Crippen LogP) is 0.899. The van der Waals surface area contributed by atoms with Crippen LogP contribution in [0.15, 0.2) is 23.1 Å². The Hall–Kier alpha value is -1.03. The Balaban J connectivity index is 3.09. The van der Waals surface area contributed by atoms with Crippen LogP contribution in [0.4, 0.5) is 0 Å². The predicted molar refractivity (Wildman–Crippen MR) is 44.9 cm³/mol. The van der Waals surface area contributed by atoms with Gasteiger partial charge in [0.2, 0.25) is 0 Å². The number of hydrogen-bond acceptors (Lipinski definition) is 3. The highest BCUT2D eigenvalue weighted by Gasteiger charge is 2.05. The molecule has 0 amide bonds. The first-order valence-electron chi connectivity index (χ1n) is 3.30. The van der Waals surface area contributed by atoms with Crippen LogP contribution in [0.3, 0.4) is 0 Å². The van der Waals surface area contributed by atoms with Gasteiger partial charge in [-0.15, -0.1) is 0 Å². The summed E-state index contributed by atoms with van der Waals surface area (Å²) in [5, 5.41) is 0. The average molecular weight is 185 g/mol. The summed E-state index contributed by atoms with van der Waals surface area (Å²) in [7, 11) is -1.61. The van der Waals surface area contributed by atoms with Gasteiger partial charge >= 0.3 is 0 Å². The summed E-state index contributed by atoms with van der Waals surface area (Å²) in [6, 6.07) is 7.15. The zero-order valence-electron chi connectivity index (χ0n) is 6.87. The molecule has 0 aliphatic rings. The van der Waals surface area contributed by atoms with E-state index in [1.807, 2.05) is 0 Å². The minimum atomic E-state index is -3.11. The third-order valence-electron chi connectivity index (χ3n) is 1.40. The van der Waals surface area contributed by atoms with E-state index in [0.717, 1.165) is 6.26 Å². The van der Waals surface area contributed by atoms with Crippen LogP contribution in [0.5, 0.6) is 5.75 Å². The maximum Gasteiger partial charge on any atom is 0.175 e. The Morgan fingerprint density at radius 3 is 2.42 bits per heavy atom. The van der Waals surface area contributed by atoms with Crippen molar-refractivity contribution >= 4 is 9.84 Å². The molecule has 0 bridgehead atoms. The van der Waals surface area contributed by atoms with Crippen molar-refractivity contribution in [2.75, 3.05) is 13.4 Å². The molecule has 65 valence electrons. The first-order chi connectivity index (χ1) is 5.54. The van der Waals surface area contributed by atoms with E-state index in [2.05, 4.69) is 6.07 Å². The summed E-state index contributed by atoms with van der Waals surface area (Å²) in [6.07, 6.45) is 1.16. The van der Waals surface area contributed by atoms with E-state index in [4.69, 9.17) is 4.74 Å². The average Bonchev–Trinajstić information content (AvgIpc) is 2.03. The molecule has 0 unspecified atom stereocenters. The molecule has 0 saturated heterocycles. The normalized spacial score (nSPS) is 11.2. The minimum absolute atomic E-state index is 0.253. The third kappa shape index (κ3) is 1.98. The van der Waals surface area contributed by atoms with Gasteiger partial charge in [-0.1, -0.05) is 0 Å². The molecule has 0 spiro atoms. The number of hydrogen-bond donors (Lipinski definition) is 0. The Kier molecular flexibility index (Phi) is 2.38. The van der Waals surface area contributed by atoms with Crippen LogP contribution in [0.2, 0.25) is 0 Å². The van der Waals surface area contributed by atoms with Gasteiger partial charge in [0.25, 0.3) is 0 Å². The van der Waals surface area contributed by atoms with Crippen molar-refractivity contribution in [2.24, 2.45) is 0 Å². The minimum Gasteiger partial charge on any atom is -0.496 e. The van der Waals surface area contributed by atoms with Gasteiger partial charge in [0.1, 0.15) is 5.75 Å². The molecule has 1 aromatic rings. The SMILES string of the molecule is COc1[c]cc(S(C)(=O)=O)cc1. The molecule has 1 aromatic carbocycles. The summed E-state index contributed by atoms with van der Waals surface area (Å²) in [5.74, 6) is 0.530. The van der Waals surface area contributed by atoms with E-state index in [1.165, 1.54) is 19.2 Å². The maximum absolute atomic E-state index is 11.0. The third-order valence-corrected chi connectivity index (χ3v) is 2.51. The van der Waals surface area contributed by atoms with Crippen molar-refractivity contribution in [3.8, 4) is 5.75 Å². The fourth-order valence-corrected chi connectivity index (χ4v) is 1.34. The lowest BCUT2D eigenvalue weighted by Gasteiger charge is -1.99. The van der Waals surface area contributed by atoms with Gasteiger partial charge in [-0.25, -0.2) is 8.42 Å². The van der Waals surface area contributed by atoms with Gasteiger partial charge in [0, 0.05) is 12.3 Å². The fraction of sp³-hybridized carbons (Fsp3) is 0.250. The van der Waals surface area contributed by atoms with Gasteiger partial charge in [0.15, 0.2) is 9.84 Å². The van der Waals surface area contributed by atoms with Crippen LogP contribution < -0.4 is 4.74 Å². The highest BCUT2D eigenvalue weighted by molar-refractivity contribution is 7.90. The zero-order chi connectivity index (χ0) is 9.19. The molecular formula is C8H9O3S. The topological polar surface area (TPSA) is 43.4 Å². The molecule has 0 atom stereocenters. The molecule has 0 aromatic heterocycles. The van der Waals surface area contributed by atoms with Crippen molar-refractivity contribution in [3.05, 3.63) is 24.3 Å². The lowest BCUT2D eigenvalue weighted by Crippen LogP contribution is -1.96. The number of benzene rings is 1. The fourth-order valence-electron chi connectivity index (χ4n) is 0.754. The van der Waals surface area contributed by atoms with E-state index in [9.17, 15) is 8.42 Å². The second-order valence-electron chi connectivity index (χ2n) is 2.36. The van der Waals surface area contributed by atoms with E-state index in [1.54, 1.807) is 6.07 Å². The Bertz CT molecular complexity index is 350. The molecule has 1 radical (unpaired) electrons. The van der Waals surface area contributed by atoms with Crippen molar-refractivity contribution in [1.29, 1.82) is 0 Å². The summed E-state index contributed by atoms with van der Waals surface area (Å²) >= 11 is 0. The van der Waals surface area contributed by atoms with E-state index in [0.29, 0.717) is 5.75 Å². The number of sulfone groups is 1. The van der Waals surface area contributed by atoms with Crippen LogP contribution in [0.1, 0.15) is 0 Å². The smallest absolute Gasteiger partial charge is 0.175 e. The van der Waals surface area contributed by atoms with Crippen LogP contribution >= 0.6 is 0 Å². The van der Waals surface area contributed by atoms with Crippen LogP contribution in [0, 0.1) is 6.07 Å². The molecule has 3 nitrogen and oxygen atoms in total. The van der Waals surface area contributed by atoms with Crippen LogP contribution in [-0.4, -0.2) is 21.8 Å². The lowest BCUT2D eigenvalue weighted by molar-refractivity contribution is 0.413. The first kappa shape index (κ1) is 9.06. The Morgan fingerprint density at radius 2 is 2.08 bits per heavy atom. The monoisotopic (exact) mass is 185 g/mol. The summed E-state index contributed by atoms with van der Waals surface area (Å²) < 4.78 is 26.8. The van der Waals surface area contributed by atoms with Gasteiger partial charge < -0.3 is 4.74 Å². The molecule has 0 saturated carbocycles. The molecule has 0 aliphatic heterocycles. The number of ether oxygens (including phenoxy) is 1. The largest absolute Gasteiger partial charge is 0.496 e. The molecule has 0 fully saturated rings. The summed E-state index contributed by atoms with van der Waals surface area (Å²) in [6.45, 7) is 0. The second-order valence-corrected chi connectivity index (χ2v) is 4.38. The van der Waals surface area contributed by atoms with Crippen molar-refractivity contribution in [1.82, 2.24) is 0 Å². The summed E-state index contributed by atoms with van der Waals surface area (Å²) in [4.78, 5) is 0.253. The quantitative estimate of drug-likeness (QED) is 0.687. The number of rotatable bonds is 2.